The molecular formula is C7H14N2O3S. The van der Waals surface area contributed by atoms with E-state index in [0.29, 0.717) is 0 Å². The third kappa shape index (κ3) is 4.62. The van der Waals surface area contributed by atoms with Gasteiger partial charge in [0, 0.05) is 24.1 Å². The topological polar surface area (TPSA) is 67.8 Å². The molecule has 0 aliphatic heterocycles. The summed E-state index contributed by atoms with van der Waals surface area (Å²) < 4.78 is 10.5. The first-order valence-corrected chi connectivity index (χ1v) is 5.22. The van der Waals surface area contributed by atoms with Gasteiger partial charge in [0.2, 0.25) is 0 Å². The van der Waals surface area contributed by atoms with Crippen molar-refractivity contribution in [3.05, 3.63) is 0 Å². The van der Waals surface area contributed by atoms with Crippen LogP contribution in [0.1, 0.15) is 13.8 Å². The molecule has 0 saturated carbocycles. The normalized spacial score (nSPS) is 14.2. The van der Waals surface area contributed by atoms with Crippen LogP contribution in [0.2, 0.25) is 0 Å². The Bertz CT molecular complexity index is 238. The zero-order valence-corrected chi connectivity index (χ0v) is 8.97. The zero-order chi connectivity index (χ0) is 10.5. The van der Waals surface area contributed by atoms with Crippen molar-refractivity contribution in [2.75, 3.05) is 13.3 Å². The number of amides is 1. The molecule has 0 heterocycles. The molecule has 0 bridgehead atoms. The molecule has 1 amide bonds. The Labute approximate surface area is 80.0 Å². The Kier molecular flexibility index (Phi) is 4.61. The van der Waals surface area contributed by atoms with Gasteiger partial charge in [-0.1, -0.05) is 5.16 Å². The highest BCUT2D eigenvalue weighted by Crippen LogP contribution is 2.07. The Morgan fingerprint density at radius 3 is 2.54 bits per heavy atom. The van der Waals surface area contributed by atoms with Crippen LogP contribution in [0.5, 0.6) is 0 Å². The highest BCUT2D eigenvalue weighted by atomic mass is 32.2. The number of carbonyl (C=O) groups excluding carboxylic acids is 1. The Balaban J connectivity index is 4.12. The summed E-state index contributed by atoms with van der Waals surface area (Å²) in [6.45, 7) is 3.47. The molecule has 0 aliphatic rings. The summed E-state index contributed by atoms with van der Waals surface area (Å²) in [5.41, 5.74) is 0. The van der Waals surface area contributed by atoms with Crippen molar-refractivity contribution >= 4 is 23.1 Å². The molecule has 13 heavy (non-hydrogen) atoms. The second-order valence-electron chi connectivity index (χ2n) is 2.92. The molecule has 5 nitrogen and oxygen atoms in total. The third-order valence-corrected chi connectivity index (χ3v) is 3.03. The minimum atomic E-state index is -1.05. The number of hydrogen-bond acceptors (Lipinski definition) is 4. The molecule has 0 aromatic carbocycles. The molecule has 0 fully saturated rings. The van der Waals surface area contributed by atoms with Crippen LogP contribution < -0.4 is 5.32 Å². The molecule has 0 aliphatic carbocycles. The molecular weight excluding hydrogens is 192 g/mol. The lowest BCUT2D eigenvalue weighted by Gasteiger charge is -2.13. The van der Waals surface area contributed by atoms with E-state index in [1.807, 2.05) is 0 Å². The summed E-state index contributed by atoms with van der Waals surface area (Å²) in [5.74, 6) is 0. The van der Waals surface area contributed by atoms with Crippen molar-refractivity contribution in [1.82, 2.24) is 5.32 Å². The number of rotatable bonds is 3. The van der Waals surface area contributed by atoms with Gasteiger partial charge in [0.15, 0.2) is 0 Å². The zero-order valence-electron chi connectivity index (χ0n) is 8.16. The van der Waals surface area contributed by atoms with Crippen LogP contribution in [-0.4, -0.2) is 34.6 Å². The summed E-state index contributed by atoms with van der Waals surface area (Å²) in [4.78, 5) is 14.9. The summed E-state index contributed by atoms with van der Waals surface area (Å²) >= 11 is 0. The average Bonchev–Trinajstić information content (AvgIpc) is 2.03. The molecule has 6 heteroatoms. The molecule has 0 aromatic heterocycles. The lowest BCUT2D eigenvalue weighted by Crippen LogP contribution is -2.28. The Hall–Kier alpha value is -0.910. The van der Waals surface area contributed by atoms with Gasteiger partial charge in [0.25, 0.3) is 0 Å². The van der Waals surface area contributed by atoms with Crippen LogP contribution in [0.25, 0.3) is 0 Å². The predicted octanol–water partition coefficient (Wildman–Crippen LogP) is 0.485. The highest BCUT2D eigenvalue weighted by molar-refractivity contribution is 7.86. The molecule has 0 rings (SSSR count). The van der Waals surface area contributed by atoms with E-state index in [0.717, 1.165) is 0 Å². The first kappa shape index (κ1) is 12.1. The molecule has 0 aromatic rings. The second kappa shape index (κ2) is 4.96. The summed E-state index contributed by atoms with van der Waals surface area (Å²) in [5, 5.41) is 5.63. The van der Waals surface area contributed by atoms with E-state index in [9.17, 15) is 9.00 Å². The predicted molar refractivity (Wildman–Crippen MR) is 52.2 cm³/mol. The van der Waals surface area contributed by atoms with Gasteiger partial charge in [0.05, 0.1) is 11.0 Å². The van der Waals surface area contributed by atoms with E-state index in [4.69, 9.17) is 0 Å². The lowest BCUT2D eigenvalue weighted by atomic mass is 10.2. The van der Waals surface area contributed by atoms with Crippen LogP contribution in [0.15, 0.2) is 5.16 Å². The fraction of sp³-hybridized carbons (Fsp3) is 0.714. The smallest absolute Gasteiger partial charge is 0.323 e. The van der Waals surface area contributed by atoms with Gasteiger partial charge in [-0.05, 0) is 13.8 Å². The first-order valence-electron chi connectivity index (χ1n) is 3.67. The molecule has 0 spiro atoms. The number of hydrogen-bond donors (Lipinski definition) is 1. The first-order chi connectivity index (χ1) is 5.90. The minimum absolute atomic E-state index is 0.589. The van der Waals surface area contributed by atoms with E-state index in [2.05, 4.69) is 15.3 Å². The molecule has 1 atom stereocenters. The summed E-state index contributed by atoms with van der Waals surface area (Å²) in [6.07, 6.45) is 2.26. The van der Waals surface area contributed by atoms with Gasteiger partial charge in [-0.2, -0.15) is 0 Å². The Morgan fingerprint density at radius 1 is 1.62 bits per heavy atom. The third-order valence-electron chi connectivity index (χ3n) is 1.44. The molecule has 0 saturated heterocycles. The Morgan fingerprint density at radius 2 is 2.15 bits per heavy atom. The van der Waals surface area contributed by atoms with Crippen LogP contribution in [0, 0.1) is 0 Å². The second-order valence-corrected chi connectivity index (χ2v) is 4.88. The van der Waals surface area contributed by atoms with Crippen LogP contribution in [0.4, 0.5) is 4.79 Å². The number of carbonyl (C=O) groups is 1. The van der Waals surface area contributed by atoms with Gasteiger partial charge in [-0.15, -0.1) is 0 Å². The van der Waals surface area contributed by atoms with Crippen molar-refractivity contribution in [3.63, 3.8) is 0 Å². The number of nitrogens with one attached hydrogen (secondary N) is 1. The van der Waals surface area contributed by atoms with Gasteiger partial charge < -0.3 is 5.32 Å². The molecule has 0 unspecified atom stereocenters. The number of nitrogens with zero attached hydrogens (tertiary/aromatic N) is 1. The van der Waals surface area contributed by atoms with E-state index < -0.39 is 21.6 Å². The van der Waals surface area contributed by atoms with Gasteiger partial charge in [-0.25, -0.2) is 4.79 Å². The minimum Gasteiger partial charge on any atom is -0.323 e. The quantitative estimate of drug-likeness (QED) is 0.415. The van der Waals surface area contributed by atoms with E-state index in [1.54, 1.807) is 20.1 Å². The maximum atomic E-state index is 11.1. The lowest BCUT2D eigenvalue weighted by molar-refractivity contribution is 0.153. The molecule has 1 N–H and O–H groups in total. The standard InChI is InChI=1S/C7H14N2O3S/c1-7(2,13(4)11)5-9-12-6(10)8-3/h5H,1-4H3,(H,8,10)/b9-5-/t13-/m1/s1. The SMILES string of the molecule is CNC(=O)O/N=C\C(C)(C)[S@@](C)=O. The maximum absolute atomic E-state index is 11.1. The fourth-order valence-corrected chi connectivity index (χ4v) is 0.512. The van der Waals surface area contributed by atoms with Crippen molar-refractivity contribution in [2.24, 2.45) is 5.16 Å². The molecule has 76 valence electrons. The van der Waals surface area contributed by atoms with Crippen molar-refractivity contribution in [2.45, 2.75) is 18.6 Å². The summed E-state index contributed by atoms with van der Waals surface area (Å²) in [7, 11) is 0.378. The van der Waals surface area contributed by atoms with E-state index >= 15 is 0 Å². The van der Waals surface area contributed by atoms with Gasteiger partial charge in [0.1, 0.15) is 0 Å². The maximum Gasteiger partial charge on any atom is 0.433 e. The van der Waals surface area contributed by atoms with Gasteiger partial charge >= 0.3 is 6.09 Å². The highest BCUT2D eigenvalue weighted by Gasteiger charge is 2.20. The average molecular weight is 206 g/mol. The molecule has 0 radical (unpaired) electrons. The number of oxime groups is 1. The van der Waals surface area contributed by atoms with Crippen LogP contribution in [-0.2, 0) is 15.6 Å². The van der Waals surface area contributed by atoms with Crippen molar-refractivity contribution < 1.29 is 13.8 Å². The van der Waals surface area contributed by atoms with Crippen LogP contribution in [0.3, 0.4) is 0 Å². The van der Waals surface area contributed by atoms with E-state index in [1.165, 1.54) is 13.3 Å². The summed E-state index contributed by atoms with van der Waals surface area (Å²) in [6, 6.07) is 0. The fourth-order valence-electron chi connectivity index (χ4n) is 0.321. The van der Waals surface area contributed by atoms with Crippen molar-refractivity contribution in [1.29, 1.82) is 0 Å². The van der Waals surface area contributed by atoms with E-state index in [-0.39, 0.29) is 0 Å². The monoisotopic (exact) mass is 206 g/mol. The van der Waals surface area contributed by atoms with Crippen LogP contribution >= 0.6 is 0 Å². The van der Waals surface area contributed by atoms with Crippen molar-refractivity contribution in [3.8, 4) is 0 Å². The van der Waals surface area contributed by atoms with Gasteiger partial charge in [-0.3, -0.25) is 9.05 Å². The largest absolute Gasteiger partial charge is 0.433 e.